The second kappa shape index (κ2) is 7.33. The van der Waals surface area contributed by atoms with Crippen LogP contribution in [0.3, 0.4) is 0 Å². The van der Waals surface area contributed by atoms with E-state index in [4.69, 9.17) is 9.47 Å². The molecule has 0 amide bonds. The van der Waals surface area contributed by atoms with Crippen LogP contribution < -0.4 is 4.74 Å². The van der Waals surface area contributed by atoms with Gasteiger partial charge in [-0.15, -0.1) is 0 Å². The van der Waals surface area contributed by atoms with Crippen molar-refractivity contribution < 1.29 is 19.1 Å². The van der Waals surface area contributed by atoms with Gasteiger partial charge in [0.25, 0.3) is 5.78 Å². The zero-order valence-electron chi connectivity index (χ0n) is 11.5. The Morgan fingerprint density at radius 2 is 2.15 bits per heavy atom. The summed E-state index contributed by atoms with van der Waals surface area (Å²) in [7, 11) is 0. The summed E-state index contributed by atoms with van der Waals surface area (Å²) in [4.78, 5) is 23.6. The number of Topliss-reactive ketones (excluding diaryl/α,β-unsaturated/α-hetero) is 1. The van der Waals surface area contributed by atoms with E-state index >= 15 is 0 Å². The van der Waals surface area contributed by atoms with Crippen molar-refractivity contribution in [1.29, 1.82) is 0 Å². The molecular weight excluding hydrogens is 276 g/mol. The van der Waals surface area contributed by atoms with Crippen molar-refractivity contribution in [1.82, 2.24) is 0 Å². The number of carbonyl (C=O) groups is 2. The summed E-state index contributed by atoms with van der Waals surface area (Å²) >= 11 is 1.85. The first kappa shape index (κ1) is 14.9. The molecule has 0 bridgehead atoms. The molecule has 4 nitrogen and oxygen atoms in total. The van der Waals surface area contributed by atoms with E-state index < -0.39 is 11.8 Å². The number of ketones is 1. The van der Waals surface area contributed by atoms with Gasteiger partial charge in [-0.25, -0.2) is 4.79 Å². The van der Waals surface area contributed by atoms with Gasteiger partial charge in [0, 0.05) is 5.75 Å². The van der Waals surface area contributed by atoms with Crippen molar-refractivity contribution in [3.8, 4) is 5.75 Å². The summed E-state index contributed by atoms with van der Waals surface area (Å²) < 4.78 is 10.6. The van der Waals surface area contributed by atoms with Crippen molar-refractivity contribution in [3.63, 3.8) is 0 Å². The first-order valence-corrected chi connectivity index (χ1v) is 7.92. The summed E-state index contributed by atoms with van der Waals surface area (Å²) in [6, 6.07) is 6.85. The first-order valence-electron chi connectivity index (χ1n) is 6.77. The zero-order valence-corrected chi connectivity index (χ0v) is 12.3. The summed E-state index contributed by atoms with van der Waals surface area (Å²) in [5.41, 5.74) is 0.279. The number of benzene rings is 1. The molecule has 1 unspecified atom stereocenters. The fraction of sp³-hybridized carbons (Fsp3) is 0.467. The number of esters is 1. The molecule has 0 spiro atoms. The van der Waals surface area contributed by atoms with Crippen LogP contribution in [0.15, 0.2) is 24.3 Å². The Hall–Kier alpha value is -1.49. The molecule has 1 aromatic carbocycles. The normalized spacial score (nSPS) is 18.4. The predicted molar refractivity (Wildman–Crippen MR) is 78.4 cm³/mol. The van der Waals surface area contributed by atoms with Gasteiger partial charge in [0.2, 0.25) is 0 Å². The second-order valence-corrected chi connectivity index (χ2v) is 5.65. The van der Waals surface area contributed by atoms with E-state index in [1.54, 1.807) is 31.2 Å². The first-order chi connectivity index (χ1) is 9.72. The number of hydrogen-bond donors (Lipinski definition) is 0. The third-order valence-electron chi connectivity index (χ3n) is 3.00. The Kier molecular flexibility index (Phi) is 5.47. The van der Waals surface area contributed by atoms with Gasteiger partial charge in [0.1, 0.15) is 11.9 Å². The van der Waals surface area contributed by atoms with Crippen LogP contribution in [0, 0.1) is 0 Å². The molecule has 1 aliphatic rings. The van der Waals surface area contributed by atoms with Crippen molar-refractivity contribution in [2.45, 2.75) is 25.9 Å². The Balaban J connectivity index is 2.12. The molecule has 1 saturated heterocycles. The largest absolute Gasteiger partial charge is 0.489 e. The lowest BCUT2D eigenvalue weighted by Gasteiger charge is -2.23. The standard InChI is InChI=1S/C15H18O4S/c1-2-18-15(17)14(16)12-7-3-4-8-13(12)19-11-6-5-9-20-10-11/h3-4,7-8,11H,2,5-6,9-10H2,1H3. The molecular formula is C15H18O4S. The molecule has 2 rings (SSSR count). The van der Waals surface area contributed by atoms with Gasteiger partial charge in [-0.2, -0.15) is 11.8 Å². The number of ether oxygens (including phenoxy) is 2. The average molecular weight is 294 g/mol. The van der Waals surface area contributed by atoms with Crippen molar-refractivity contribution in [2.75, 3.05) is 18.1 Å². The average Bonchev–Trinajstić information content (AvgIpc) is 2.48. The molecule has 0 saturated carbocycles. The summed E-state index contributed by atoms with van der Waals surface area (Å²) in [5, 5.41) is 0. The van der Waals surface area contributed by atoms with Crippen LogP contribution >= 0.6 is 11.8 Å². The Labute approximate surface area is 122 Å². The summed E-state index contributed by atoms with van der Waals surface area (Å²) in [6.45, 7) is 1.86. The fourth-order valence-electron chi connectivity index (χ4n) is 2.05. The topological polar surface area (TPSA) is 52.6 Å². The molecule has 108 valence electrons. The van der Waals surface area contributed by atoms with Gasteiger partial charge in [-0.1, -0.05) is 12.1 Å². The molecule has 0 aromatic heterocycles. The lowest BCUT2D eigenvalue weighted by atomic mass is 10.1. The maximum Gasteiger partial charge on any atom is 0.379 e. The highest BCUT2D eigenvalue weighted by molar-refractivity contribution is 7.99. The Bertz CT molecular complexity index is 481. The highest BCUT2D eigenvalue weighted by Gasteiger charge is 2.23. The maximum atomic E-state index is 12.0. The fourth-order valence-corrected chi connectivity index (χ4v) is 3.08. The lowest BCUT2D eigenvalue weighted by molar-refractivity contribution is -0.137. The second-order valence-electron chi connectivity index (χ2n) is 4.50. The van der Waals surface area contributed by atoms with Gasteiger partial charge < -0.3 is 9.47 Å². The molecule has 1 atom stereocenters. The SMILES string of the molecule is CCOC(=O)C(=O)c1ccccc1OC1CCCSC1. The number of hydrogen-bond acceptors (Lipinski definition) is 5. The molecule has 5 heteroatoms. The minimum absolute atomic E-state index is 0.102. The minimum Gasteiger partial charge on any atom is -0.489 e. The third-order valence-corrected chi connectivity index (χ3v) is 4.19. The minimum atomic E-state index is -0.832. The van der Waals surface area contributed by atoms with Crippen LogP contribution in [0.4, 0.5) is 0 Å². The number of thioether (sulfide) groups is 1. The number of rotatable bonds is 5. The monoisotopic (exact) mass is 294 g/mol. The lowest BCUT2D eigenvalue weighted by Crippen LogP contribution is -2.25. The van der Waals surface area contributed by atoms with E-state index in [0.29, 0.717) is 5.75 Å². The molecule has 0 aliphatic carbocycles. The maximum absolute atomic E-state index is 12.0. The quantitative estimate of drug-likeness (QED) is 0.475. The van der Waals surface area contributed by atoms with Gasteiger partial charge >= 0.3 is 5.97 Å². The van der Waals surface area contributed by atoms with Gasteiger partial charge in [0.05, 0.1) is 12.2 Å². The smallest absolute Gasteiger partial charge is 0.379 e. The van der Waals surface area contributed by atoms with Gasteiger partial charge in [0.15, 0.2) is 0 Å². The predicted octanol–water partition coefficient (Wildman–Crippen LogP) is 2.71. The van der Waals surface area contributed by atoms with Crippen molar-refractivity contribution >= 4 is 23.5 Å². The van der Waals surface area contributed by atoms with E-state index in [-0.39, 0.29) is 18.3 Å². The molecule has 1 heterocycles. The van der Waals surface area contributed by atoms with Crippen molar-refractivity contribution in [2.24, 2.45) is 0 Å². The molecule has 20 heavy (non-hydrogen) atoms. The molecule has 0 radical (unpaired) electrons. The zero-order chi connectivity index (χ0) is 14.4. The highest BCUT2D eigenvalue weighted by atomic mass is 32.2. The van der Waals surface area contributed by atoms with E-state index in [1.807, 2.05) is 11.8 Å². The van der Waals surface area contributed by atoms with Crippen LogP contribution in [0.25, 0.3) is 0 Å². The van der Waals surface area contributed by atoms with Crippen LogP contribution in [0.2, 0.25) is 0 Å². The van der Waals surface area contributed by atoms with Gasteiger partial charge in [-0.3, -0.25) is 4.79 Å². The Morgan fingerprint density at radius 1 is 1.35 bits per heavy atom. The Morgan fingerprint density at radius 3 is 2.85 bits per heavy atom. The van der Waals surface area contributed by atoms with Crippen molar-refractivity contribution in [3.05, 3.63) is 29.8 Å². The van der Waals surface area contributed by atoms with E-state index in [2.05, 4.69) is 0 Å². The molecule has 1 fully saturated rings. The van der Waals surface area contributed by atoms with E-state index in [9.17, 15) is 9.59 Å². The summed E-state index contributed by atoms with van der Waals surface area (Å²) in [5.74, 6) is 1.07. The molecule has 1 aromatic rings. The van der Waals surface area contributed by atoms with Crippen LogP contribution in [0.1, 0.15) is 30.1 Å². The number of carbonyl (C=O) groups excluding carboxylic acids is 2. The van der Waals surface area contributed by atoms with E-state index in [1.165, 1.54) is 0 Å². The highest BCUT2D eigenvalue weighted by Crippen LogP contribution is 2.25. The van der Waals surface area contributed by atoms with Crippen LogP contribution in [0.5, 0.6) is 5.75 Å². The van der Waals surface area contributed by atoms with Crippen LogP contribution in [-0.2, 0) is 9.53 Å². The number of para-hydroxylation sites is 1. The van der Waals surface area contributed by atoms with E-state index in [0.717, 1.165) is 24.3 Å². The summed E-state index contributed by atoms with van der Waals surface area (Å²) in [6.07, 6.45) is 2.20. The van der Waals surface area contributed by atoms with Crippen LogP contribution in [-0.4, -0.2) is 36.0 Å². The van der Waals surface area contributed by atoms with Gasteiger partial charge in [-0.05, 0) is 37.7 Å². The third kappa shape index (κ3) is 3.76. The molecule has 0 N–H and O–H groups in total. The molecule has 1 aliphatic heterocycles.